The zero-order valence-electron chi connectivity index (χ0n) is 38.5. The van der Waals surface area contributed by atoms with E-state index in [2.05, 4.69) is 16.0 Å². The lowest BCUT2D eigenvalue weighted by atomic mass is 9.90. The molecule has 0 spiro atoms. The molecule has 4 rings (SSSR count). The van der Waals surface area contributed by atoms with Crippen molar-refractivity contribution in [2.45, 2.75) is 123 Å². The topological polar surface area (TPSA) is 202 Å². The van der Waals surface area contributed by atoms with Gasteiger partial charge < -0.3 is 40.1 Å². The van der Waals surface area contributed by atoms with E-state index in [0.717, 1.165) is 7.11 Å². The molecule has 0 saturated heterocycles. The summed E-state index contributed by atoms with van der Waals surface area (Å²) in [4.78, 5) is 84.4. The number of esters is 3. The number of ether oxygens (including phenoxy) is 4. The summed E-state index contributed by atoms with van der Waals surface area (Å²) in [6.45, 7) is 16.2. The Bertz CT molecular complexity index is 2300. The minimum absolute atomic E-state index is 0.000698. The second-order valence-electron chi connectivity index (χ2n) is 18.2. The van der Waals surface area contributed by atoms with E-state index in [4.69, 9.17) is 18.9 Å². The number of carbonyl (C=O) groups excluding carboxylic acids is 6. The average Bonchev–Trinajstić information content (AvgIpc) is 3.20. The van der Waals surface area contributed by atoms with Gasteiger partial charge in [0.25, 0.3) is 0 Å². The van der Waals surface area contributed by atoms with Crippen molar-refractivity contribution >= 4 is 35.8 Å². The van der Waals surface area contributed by atoms with E-state index in [1.54, 1.807) is 153 Å². The third-order valence-electron chi connectivity index (χ3n) is 9.37. The number of alkyl carbamates (subject to hydrolysis) is 1. The van der Waals surface area contributed by atoms with Crippen LogP contribution in [0.2, 0.25) is 0 Å². The fourth-order valence-corrected chi connectivity index (χ4v) is 6.70. The molecule has 0 aliphatic rings. The predicted molar refractivity (Wildman–Crippen MR) is 239 cm³/mol. The smallest absolute Gasteiger partial charge is 0.408 e. The van der Waals surface area contributed by atoms with Crippen LogP contribution in [0.15, 0.2) is 91.0 Å². The van der Waals surface area contributed by atoms with Crippen LogP contribution in [0.4, 0.5) is 4.79 Å². The predicted octanol–water partition coefficient (Wildman–Crippen LogP) is 6.27. The fraction of sp³-hybridized carbons (Fsp3) is 0.408. The number of methoxy groups -OCH3 is 1. The van der Waals surface area contributed by atoms with Gasteiger partial charge in [0, 0.05) is 25.3 Å². The normalized spacial score (nSPS) is 13.0. The number of amides is 3. The van der Waals surface area contributed by atoms with Crippen LogP contribution in [-0.4, -0.2) is 77.9 Å². The lowest BCUT2D eigenvalue weighted by Crippen LogP contribution is -2.58. The largest absolute Gasteiger partial charge is 0.618 e. The molecule has 3 atom stereocenters. The van der Waals surface area contributed by atoms with E-state index < -0.39 is 77.2 Å². The Kier molecular flexibility index (Phi) is 16.4. The Hall–Kier alpha value is -6.77. The summed E-state index contributed by atoms with van der Waals surface area (Å²) in [6, 6.07) is 21.7. The molecule has 0 saturated carbocycles. The van der Waals surface area contributed by atoms with Gasteiger partial charge in [-0.3, -0.25) is 9.59 Å². The number of rotatable bonds is 15. The lowest BCUT2D eigenvalue weighted by molar-refractivity contribution is -0.621. The Balaban J connectivity index is 1.99. The summed E-state index contributed by atoms with van der Waals surface area (Å²) >= 11 is 0. The van der Waals surface area contributed by atoms with Crippen LogP contribution in [0.1, 0.15) is 106 Å². The van der Waals surface area contributed by atoms with Gasteiger partial charge in [-0.15, -0.1) is 0 Å². The highest BCUT2D eigenvalue weighted by atomic mass is 16.6. The molecule has 0 aliphatic carbocycles. The number of nitrogens with zero attached hydrogens (tertiary/aromatic N) is 1. The summed E-state index contributed by atoms with van der Waals surface area (Å²) < 4.78 is 22.6. The van der Waals surface area contributed by atoms with Crippen molar-refractivity contribution in [3.63, 3.8) is 0 Å². The minimum atomic E-state index is -1.72. The van der Waals surface area contributed by atoms with Crippen molar-refractivity contribution in [3.8, 4) is 11.1 Å². The molecule has 15 nitrogen and oxygen atoms in total. The second kappa shape index (κ2) is 21.1. The maximum atomic E-state index is 14.8. The zero-order chi connectivity index (χ0) is 47.6. The first-order valence-corrected chi connectivity index (χ1v) is 20.9. The van der Waals surface area contributed by atoms with E-state index in [1.165, 1.54) is 6.92 Å². The molecule has 3 amide bonds. The van der Waals surface area contributed by atoms with Gasteiger partial charge in [0.2, 0.25) is 23.2 Å². The molecule has 342 valence electrons. The lowest BCUT2D eigenvalue weighted by Gasteiger charge is -2.28. The van der Waals surface area contributed by atoms with Crippen molar-refractivity contribution < 1.29 is 52.4 Å². The summed E-state index contributed by atoms with van der Waals surface area (Å²) in [5, 5.41) is 22.7. The number of benzene rings is 3. The van der Waals surface area contributed by atoms with Crippen molar-refractivity contribution in [2.24, 2.45) is 0 Å². The second-order valence-corrected chi connectivity index (χ2v) is 18.2. The molecule has 1 aromatic heterocycles. The van der Waals surface area contributed by atoms with Crippen LogP contribution in [0.5, 0.6) is 0 Å². The van der Waals surface area contributed by atoms with E-state index in [-0.39, 0.29) is 40.9 Å². The van der Waals surface area contributed by atoms with E-state index in [1.807, 2.05) is 0 Å². The van der Waals surface area contributed by atoms with Crippen molar-refractivity contribution in [1.82, 2.24) is 16.0 Å². The molecule has 3 N–H and O–H groups in total. The first-order chi connectivity index (χ1) is 29.9. The first-order valence-electron chi connectivity index (χ1n) is 20.9. The number of hydrogen-bond acceptors (Lipinski definition) is 11. The van der Waals surface area contributed by atoms with E-state index in [9.17, 15) is 34.0 Å². The molecular weight excluding hydrogens is 821 g/mol. The van der Waals surface area contributed by atoms with E-state index >= 15 is 0 Å². The summed E-state index contributed by atoms with van der Waals surface area (Å²) in [7, 11) is 1.16. The summed E-state index contributed by atoms with van der Waals surface area (Å²) in [5.41, 5.74) is -2.49. The molecule has 0 fully saturated rings. The van der Waals surface area contributed by atoms with E-state index in [0.29, 0.717) is 21.4 Å². The third kappa shape index (κ3) is 14.4. The molecule has 1 heterocycles. The van der Waals surface area contributed by atoms with Gasteiger partial charge in [0.15, 0.2) is 0 Å². The molecule has 0 bridgehead atoms. The highest BCUT2D eigenvalue weighted by molar-refractivity contribution is 6.07. The average molecular weight is 881 g/mol. The van der Waals surface area contributed by atoms with Crippen LogP contribution in [0, 0.1) is 12.1 Å². The minimum Gasteiger partial charge on any atom is -0.618 e. The van der Waals surface area contributed by atoms with Gasteiger partial charge >= 0.3 is 24.0 Å². The van der Waals surface area contributed by atoms with Crippen LogP contribution >= 0.6 is 0 Å². The Labute approximate surface area is 374 Å². The molecule has 0 unspecified atom stereocenters. The highest BCUT2D eigenvalue weighted by Crippen LogP contribution is 2.34. The number of aromatic nitrogens is 1. The molecule has 15 heteroatoms. The molecule has 4 aromatic rings. The van der Waals surface area contributed by atoms with Crippen molar-refractivity contribution in [3.05, 3.63) is 130 Å². The van der Waals surface area contributed by atoms with Crippen LogP contribution in [0.3, 0.4) is 0 Å². The van der Waals surface area contributed by atoms with Gasteiger partial charge in [-0.05, 0) is 79.0 Å². The number of pyridine rings is 1. The molecule has 0 aliphatic heterocycles. The Morgan fingerprint density at radius 1 is 0.562 bits per heavy atom. The van der Waals surface area contributed by atoms with Gasteiger partial charge in [0.05, 0.1) is 13.5 Å². The van der Waals surface area contributed by atoms with Crippen molar-refractivity contribution in [2.75, 3.05) is 7.11 Å². The summed E-state index contributed by atoms with van der Waals surface area (Å²) in [6.07, 6.45) is -1.66. The van der Waals surface area contributed by atoms with Gasteiger partial charge in [-0.2, -0.15) is 4.73 Å². The monoisotopic (exact) mass is 880 g/mol. The third-order valence-corrected chi connectivity index (χ3v) is 9.37. The molecular formula is C49H60N4O11. The maximum absolute atomic E-state index is 14.8. The standard InChI is InChI=1S/C49H60N4O11/c1-30-38(44(57)62-47(2,3)4)39(33-25-19-14-20-26-33)40(45(58)63-48(5,6)7)37(53(30)60)29-35(42(55)51-36(43(56)61-11)28-32-23-17-13-18-24-32)50-41(54)34(27-31-21-15-12-16-22-31)52-46(59)64-49(8,9)10/h12-26,34-36H,27-29H2,1-11H3,(H,50,54)(H,51,55)(H,52,59)/t34-,35-,36-/m0/s1. The summed E-state index contributed by atoms with van der Waals surface area (Å²) in [5.74, 6) is -4.51. The molecule has 3 aromatic carbocycles. The van der Waals surface area contributed by atoms with Crippen LogP contribution in [0.25, 0.3) is 11.1 Å². The first kappa shape index (κ1) is 49.9. The molecule has 64 heavy (non-hydrogen) atoms. The number of carbonyl (C=O) groups is 6. The van der Waals surface area contributed by atoms with Gasteiger partial charge in [0.1, 0.15) is 46.1 Å². The van der Waals surface area contributed by atoms with Gasteiger partial charge in [-0.25, -0.2) is 19.2 Å². The maximum Gasteiger partial charge on any atom is 0.408 e. The zero-order valence-corrected chi connectivity index (χ0v) is 38.5. The Morgan fingerprint density at radius 3 is 1.42 bits per heavy atom. The van der Waals surface area contributed by atoms with Crippen LogP contribution < -0.4 is 20.7 Å². The Morgan fingerprint density at radius 2 is 0.969 bits per heavy atom. The molecule has 0 radical (unpaired) electrons. The quantitative estimate of drug-likeness (QED) is 0.0526. The SMILES string of the molecule is COC(=O)[C@H](Cc1ccccc1)NC(=O)[C@H](Cc1c(C(=O)OC(C)(C)C)c(-c2ccccc2)c(C(=O)OC(C)(C)C)c(C)[n+]1[O-])NC(=O)[C@H](Cc1ccccc1)NC(=O)OC(C)(C)C. The number of nitrogens with one attached hydrogen (secondary N) is 3. The fourth-order valence-electron chi connectivity index (χ4n) is 6.70. The van der Waals surface area contributed by atoms with Gasteiger partial charge in [-0.1, -0.05) is 91.0 Å². The van der Waals surface area contributed by atoms with Crippen molar-refractivity contribution in [1.29, 1.82) is 0 Å². The highest BCUT2D eigenvalue weighted by Gasteiger charge is 2.41. The van der Waals surface area contributed by atoms with Crippen LogP contribution in [-0.2, 0) is 52.6 Å². The number of hydrogen-bond donors (Lipinski definition) is 3.